The first-order valence-corrected chi connectivity index (χ1v) is 11.2. The second-order valence-corrected chi connectivity index (χ2v) is 8.77. The highest BCUT2D eigenvalue weighted by molar-refractivity contribution is 6.35. The number of amides is 1. The van der Waals surface area contributed by atoms with Crippen molar-refractivity contribution in [1.82, 2.24) is 20.1 Å². The monoisotopic (exact) mass is 424 g/mol. The van der Waals surface area contributed by atoms with Crippen LogP contribution in [-0.4, -0.2) is 20.7 Å². The summed E-state index contributed by atoms with van der Waals surface area (Å²) in [6, 6.07) is 7.45. The standard InChI is InChI=1S/C23H25ClN4O2/c24-17-9-4-7-15-16-8-5-11-19(23(16)26-22(15)17)25-20(29)13-28-21(30)12-14-6-2-1-3-10-18(14)27-28/h4,7,9,12,19,26H,1-3,5-6,8,10-11,13H2,(H,25,29)/t19-/m1/s1. The summed E-state index contributed by atoms with van der Waals surface area (Å²) in [6.07, 6.45) is 7.92. The van der Waals surface area contributed by atoms with Crippen LogP contribution >= 0.6 is 11.6 Å². The van der Waals surface area contributed by atoms with Gasteiger partial charge < -0.3 is 10.3 Å². The number of para-hydroxylation sites is 1. The van der Waals surface area contributed by atoms with Gasteiger partial charge >= 0.3 is 0 Å². The van der Waals surface area contributed by atoms with E-state index in [9.17, 15) is 9.59 Å². The molecule has 30 heavy (non-hydrogen) atoms. The lowest BCUT2D eigenvalue weighted by molar-refractivity contribution is -0.122. The molecule has 1 aromatic carbocycles. The molecule has 156 valence electrons. The number of hydrogen-bond acceptors (Lipinski definition) is 3. The predicted octanol–water partition coefficient (Wildman–Crippen LogP) is 3.84. The fraction of sp³-hybridized carbons (Fsp3) is 0.435. The first kappa shape index (κ1) is 19.4. The molecule has 6 nitrogen and oxygen atoms in total. The van der Waals surface area contributed by atoms with Crippen LogP contribution in [0, 0.1) is 0 Å². The molecule has 3 aromatic rings. The van der Waals surface area contributed by atoms with Crippen LogP contribution in [0.15, 0.2) is 29.1 Å². The van der Waals surface area contributed by atoms with E-state index in [4.69, 9.17) is 11.6 Å². The molecule has 5 rings (SSSR count). The minimum Gasteiger partial charge on any atom is -0.355 e. The Hall–Kier alpha value is -2.60. The Morgan fingerprint density at radius 1 is 1.20 bits per heavy atom. The third-order valence-corrected chi connectivity index (χ3v) is 6.66. The van der Waals surface area contributed by atoms with Crippen molar-refractivity contribution in [3.63, 3.8) is 0 Å². The minimum absolute atomic E-state index is 0.0566. The Morgan fingerprint density at radius 2 is 2.07 bits per heavy atom. The van der Waals surface area contributed by atoms with Crippen molar-refractivity contribution < 1.29 is 4.79 Å². The molecule has 2 aliphatic rings. The number of H-pyrrole nitrogens is 1. The molecule has 0 unspecified atom stereocenters. The van der Waals surface area contributed by atoms with Gasteiger partial charge in [0.15, 0.2) is 0 Å². The van der Waals surface area contributed by atoms with Crippen molar-refractivity contribution in [3.8, 4) is 0 Å². The lowest BCUT2D eigenvalue weighted by atomic mass is 9.91. The third kappa shape index (κ3) is 3.54. The highest BCUT2D eigenvalue weighted by Gasteiger charge is 2.26. The van der Waals surface area contributed by atoms with Crippen LogP contribution < -0.4 is 10.9 Å². The molecular formula is C23H25ClN4O2. The lowest BCUT2D eigenvalue weighted by Crippen LogP contribution is -2.37. The zero-order valence-corrected chi connectivity index (χ0v) is 17.6. The van der Waals surface area contributed by atoms with Gasteiger partial charge in [-0.25, -0.2) is 4.68 Å². The van der Waals surface area contributed by atoms with Crippen molar-refractivity contribution in [2.75, 3.05) is 0 Å². The number of aromatic nitrogens is 3. The van der Waals surface area contributed by atoms with Gasteiger partial charge in [0.05, 0.1) is 22.3 Å². The fourth-order valence-electron chi connectivity index (χ4n) is 4.86. The highest BCUT2D eigenvalue weighted by Crippen LogP contribution is 2.36. The van der Waals surface area contributed by atoms with Gasteiger partial charge in [0.1, 0.15) is 6.54 Å². The number of carbonyl (C=O) groups excluding carboxylic acids is 1. The number of halogens is 1. The second-order valence-electron chi connectivity index (χ2n) is 8.36. The van der Waals surface area contributed by atoms with Gasteiger partial charge in [0.25, 0.3) is 5.56 Å². The zero-order valence-electron chi connectivity index (χ0n) is 16.8. The topological polar surface area (TPSA) is 79.8 Å². The van der Waals surface area contributed by atoms with E-state index >= 15 is 0 Å². The van der Waals surface area contributed by atoms with Crippen LogP contribution in [0.1, 0.15) is 60.7 Å². The number of carbonyl (C=O) groups is 1. The van der Waals surface area contributed by atoms with E-state index in [0.717, 1.165) is 79.2 Å². The van der Waals surface area contributed by atoms with Crippen LogP contribution in [-0.2, 0) is 30.6 Å². The van der Waals surface area contributed by atoms with Crippen molar-refractivity contribution >= 4 is 28.4 Å². The quantitative estimate of drug-likeness (QED) is 0.627. The fourth-order valence-corrected chi connectivity index (χ4v) is 5.09. The Kier molecular flexibility index (Phi) is 5.11. The highest BCUT2D eigenvalue weighted by atomic mass is 35.5. The number of aryl methyl sites for hydroxylation is 3. The van der Waals surface area contributed by atoms with Gasteiger partial charge in [0, 0.05) is 17.1 Å². The summed E-state index contributed by atoms with van der Waals surface area (Å²) in [4.78, 5) is 28.7. The number of nitrogens with zero attached hydrogens (tertiary/aromatic N) is 2. The molecule has 0 saturated carbocycles. The maximum absolute atomic E-state index is 12.8. The van der Waals surface area contributed by atoms with E-state index < -0.39 is 0 Å². The molecule has 0 bridgehead atoms. The molecule has 2 N–H and O–H groups in total. The van der Waals surface area contributed by atoms with E-state index in [1.165, 1.54) is 10.2 Å². The number of fused-ring (bicyclic) bond motifs is 4. The van der Waals surface area contributed by atoms with Crippen LogP contribution in [0.3, 0.4) is 0 Å². The van der Waals surface area contributed by atoms with Crippen molar-refractivity contribution in [3.05, 3.63) is 62.2 Å². The summed E-state index contributed by atoms with van der Waals surface area (Å²) in [5.41, 5.74) is 4.98. The normalized spacial score (nSPS) is 18.5. The first-order chi connectivity index (χ1) is 14.6. The van der Waals surface area contributed by atoms with Crippen molar-refractivity contribution in [2.45, 2.75) is 64.0 Å². The summed E-state index contributed by atoms with van der Waals surface area (Å²) < 4.78 is 1.31. The van der Waals surface area contributed by atoms with E-state index in [0.29, 0.717) is 5.02 Å². The van der Waals surface area contributed by atoms with E-state index in [2.05, 4.69) is 21.5 Å². The number of aromatic amines is 1. The maximum Gasteiger partial charge on any atom is 0.267 e. The first-order valence-electron chi connectivity index (χ1n) is 10.8. The van der Waals surface area contributed by atoms with Crippen LogP contribution in [0.2, 0.25) is 5.02 Å². The van der Waals surface area contributed by atoms with Crippen molar-refractivity contribution in [1.29, 1.82) is 0 Å². The van der Waals surface area contributed by atoms with Gasteiger partial charge in [-0.2, -0.15) is 5.10 Å². The molecule has 2 aliphatic carbocycles. The molecule has 2 aromatic heterocycles. The smallest absolute Gasteiger partial charge is 0.267 e. The minimum atomic E-state index is -0.201. The molecule has 0 aliphatic heterocycles. The molecule has 2 heterocycles. The van der Waals surface area contributed by atoms with E-state index in [1.54, 1.807) is 6.07 Å². The Bertz CT molecular complexity index is 1180. The SMILES string of the molecule is O=C(Cn1nc2c(cc1=O)CCCCC2)N[C@@H]1CCCc2c1[nH]c1c(Cl)cccc21. The predicted molar refractivity (Wildman–Crippen MR) is 117 cm³/mol. The molecule has 0 spiro atoms. The molecule has 1 amide bonds. The molecule has 0 fully saturated rings. The number of rotatable bonds is 3. The summed E-state index contributed by atoms with van der Waals surface area (Å²) in [7, 11) is 0. The lowest BCUT2D eigenvalue weighted by Gasteiger charge is -2.24. The number of nitrogens with one attached hydrogen (secondary N) is 2. The number of hydrogen-bond donors (Lipinski definition) is 2. The molecule has 0 saturated heterocycles. The van der Waals surface area contributed by atoms with Gasteiger partial charge in [0.2, 0.25) is 5.91 Å². The third-order valence-electron chi connectivity index (χ3n) is 6.34. The van der Waals surface area contributed by atoms with Crippen LogP contribution in [0.4, 0.5) is 0 Å². The zero-order chi connectivity index (χ0) is 20.7. The summed E-state index contributed by atoms with van der Waals surface area (Å²) >= 11 is 6.36. The Balaban J connectivity index is 1.37. The summed E-state index contributed by atoms with van der Waals surface area (Å²) in [5.74, 6) is -0.194. The van der Waals surface area contributed by atoms with Gasteiger partial charge in [-0.3, -0.25) is 9.59 Å². The summed E-state index contributed by atoms with van der Waals surface area (Å²) in [6.45, 7) is -0.0566. The Morgan fingerprint density at radius 3 is 2.97 bits per heavy atom. The molecule has 7 heteroatoms. The van der Waals surface area contributed by atoms with E-state index in [-0.39, 0.29) is 24.1 Å². The van der Waals surface area contributed by atoms with E-state index in [1.807, 2.05) is 12.1 Å². The largest absolute Gasteiger partial charge is 0.355 e. The number of benzene rings is 1. The molecular weight excluding hydrogens is 400 g/mol. The van der Waals surface area contributed by atoms with Gasteiger partial charge in [-0.1, -0.05) is 30.2 Å². The van der Waals surface area contributed by atoms with Gasteiger partial charge in [-0.15, -0.1) is 0 Å². The van der Waals surface area contributed by atoms with Crippen LogP contribution in [0.25, 0.3) is 10.9 Å². The Labute approximate surface area is 179 Å². The average Bonchev–Trinajstić information content (AvgIpc) is 2.97. The van der Waals surface area contributed by atoms with Crippen LogP contribution in [0.5, 0.6) is 0 Å². The summed E-state index contributed by atoms with van der Waals surface area (Å²) in [5, 5.41) is 9.44. The molecule has 1 atom stereocenters. The van der Waals surface area contributed by atoms with Gasteiger partial charge in [-0.05, 0) is 62.1 Å². The second kappa shape index (κ2) is 7.91. The average molecular weight is 425 g/mol. The maximum atomic E-state index is 12.8. The van der Waals surface area contributed by atoms with Crippen molar-refractivity contribution in [2.24, 2.45) is 0 Å². The molecule has 0 radical (unpaired) electrons.